The van der Waals surface area contributed by atoms with Crippen molar-refractivity contribution in [1.29, 1.82) is 0 Å². The molecule has 0 N–H and O–H groups in total. The van der Waals surface area contributed by atoms with E-state index in [2.05, 4.69) is 5.10 Å². The molecular weight excluding hydrogens is 418 g/mol. The first-order chi connectivity index (χ1) is 15.8. The monoisotopic (exact) mass is 449 g/mol. The van der Waals surface area contributed by atoms with E-state index in [9.17, 15) is 9.59 Å². The zero-order chi connectivity index (χ0) is 24.0. The van der Waals surface area contributed by atoms with Gasteiger partial charge in [0.15, 0.2) is 0 Å². The number of amides is 1. The molecule has 7 nitrogen and oxygen atoms in total. The number of aromatic nitrogens is 2. The lowest BCUT2D eigenvalue weighted by molar-refractivity contribution is -0.140. The molecule has 1 heterocycles. The van der Waals surface area contributed by atoms with Gasteiger partial charge in [-0.3, -0.25) is 9.59 Å². The van der Waals surface area contributed by atoms with Crippen LogP contribution in [0.3, 0.4) is 0 Å². The van der Waals surface area contributed by atoms with Gasteiger partial charge in [-0.05, 0) is 68.7 Å². The molecule has 0 aliphatic carbocycles. The number of rotatable bonds is 9. The molecule has 0 unspecified atom stereocenters. The minimum Gasteiger partial charge on any atom is -0.491 e. The summed E-state index contributed by atoms with van der Waals surface area (Å²) in [5, 5.41) is 4.62. The number of methoxy groups -OCH3 is 1. The van der Waals surface area contributed by atoms with Crippen LogP contribution in [0.1, 0.15) is 39.3 Å². The highest BCUT2D eigenvalue weighted by molar-refractivity contribution is 5.94. The fourth-order valence-electron chi connectivity index (χ4n) is 3.70. The molecule has 0 saturated heterocycles. The highest BCUT2D eigenvalue weighted by atomic mass is 16.5. The van der Waals surface area contributed by atoms with Crippen LogP contribution in [0.25, 0.3) is 5.69 Å². The van der Waals surface area contributed by atoms with Crippen molar-refractivity contribution < 1.29 is 19.1 Å². The van der Waals surface area contributed by atoms with Crippen LogP contribution in [0, 0.1) is 20.8 Å². The average molecular weight is 450 g/mol. The van der Waals surface area contributed by atoms with Gasteiger partial charge in [-0.25, -0.2) is 4.68 Å². The smallest absolute Gasteiger partial charge is 0.305 e. The number of benzene rings is 2. The van der Waals surface area contributed by atoms with Crippen LogP contribution in [0.5, 0.6) is 5.75 Å². The summed E-state index contributed by atoms with van der Waals surface area (Å²) in [5.74, 6) is 0.526. The maximum absolute atomic E-state index is 12.8. The van der Waals surface area contributed by atoms with Crippen LogP contribution in [-0.4, -0.2) is 53.9 Å². The van der Waals surface area contributed by atoms with E-state index >= 15 is 0 Å². The second kappa shape index (κ2) is 10.8. The number of hydrogen-bond donors (Lipinski definition) is 0. The van der Waals surface area contributed by atoms with Crippen molar-refractivity contribution in [2.24, 2.45) is 0 Å². The van der Waals surface area contributed by atoms with Crippen LogP contribution in [0.2, 0.25) is 0 Å². The van der Waals surface area contributed by atoms with E-state index in [0.29, 0.717) is 31.6 Å². The highest BCUT2D eigenvalue weighted by Crippen LogP contribution is 2.20. The zero-order valence-corrected chi connectivity index (χ0v) is 19.9. The number of para-hydroxylation sites is 1. The van der Waals surface area contributed by atoms with Crippen LogP contribution >= 0.6 is 0 Å². The van der Waals surface area contributed by atoms with Crippen molar-refractivity contribution in [2.45, 2.75) is 33.6 Å². The van der Waals surface area contributed by atoms with Crippen molar-refractivity contribution in [1.82, 2.24) is 14.7 Å². The lowest BCUT2D eigenvalue weighted by atomic mass is 10.1. The minimum absolute atomic E-state index is 0.0675. The molecule has 2 aromatic carbocycles. The number of esters is 1. The van der Waals surface area contributed by atoms with E-state index in [0.717, 1.165) is 34.0 Å². The van der Waals surface area contributed by atoms with Gasteiger partial charge in [-0.2, -0.15) is 5.10 Å². The van der Waals surface area contributed by atoms with Gasteiger partial charge in [-0.15, -0.1) is 0 Å². The third kappa shape index (κ3) is 5.80. The highest BCUT2D eigenvalue weighted by Gasteiger charge is 2.16. The molecule has 0 fully saturated rings. The number of hydrogen-bond acceptors (Lipinski definition) is 5. The number of likely N-dealkylation sites (N-methyl/N-ethyl adjacent to an activating group) is 1. The van der Waals surface area contributed by atoms with Gasteiger partial charge >= 0.3 is 5.97 Å². The third-order valence-corrected chi connectivity index (χ3v) is 5.73. The largest absolute Gasteiger partial charge is 0.491 e. The molecule has 7 heteroatoms. The molecule has 0 aliphatic rings. The van der Waals surface area contributed by atoms with Crippen molar-refractivity contribution in [3.05, 3.63) is 76.6 Å². The van der Waals surface area contributed by atoms with Gasteiger partial charge in [0.1, 0.15) is 12.4 Å². The standard InChI is InChI=1S/C26H31N3O4/c1-18-8-6-7-9-24(18)33-17-16-28(4)26(31)21-10-12-22(13-11-21)29-20(3)23(19(2)27-29)14-15-25(30)32-5/h6-13H,14-17H2,1-5H3. The van der Waals surface area contributed by atoms with Gasteiger partial charge in [0.25, 0.3) is 5.91 Å². The fourth-order valence-corrected chi connectivity index (χ4v) is 3.70. The Morgan fingerprint density at radius 2 is 1.73 bits per heavy atom. The molecule has 0 aliphatic heterocycles. The Labute approximate surface area is 194 Å². The average Bonchev–Trinajstić information content (AvgIpc) is 3.11. The van der Waals surface area contributed by atoms with E-state index in [1.807, 2.05) is 61.9 Å². The quantitative estimate of drug-likeness (QED) is 0.461. The van der Waals surface area contributed by atoms with E-state index in [-0.39, 0.29) is 11.9 Å². The van der Waals surface area contributed by atoms with Crippen molar-refractivity contribution in [3.63, 3.8) is 0 Å². The Balaban J connectivity index is 1.63. The summed E-state index contributed by atoms with van der Waals surface area (Å²) in [6.45, 7) is 6.81. The molecule has 0 spiro atoms. The zero-order valence-electron chi connectivity index (χ0n) is 19.9. The molecule has 1 aromatic heterocycles. The molecule has 3 rings (SSSR count). The minimum atomic E-state index is -0.238. The Morgan fingerprint density at radius 3 is 2.39 bits per heavy atom. The Hall–Kier alpha value is -3.61. The van der Waals surface area contributed by atoms with E-state index < -0.39 is 0 Å². The fraction of sp³-hybridized carbons (Fsp3) is 0.346. The SMILES string of the molecule is COC(=O)CCc1c(C)nn(-c2ccc(C(=O)N(C)CCOc3ccccc3C)cc2)c1C. The Bertz CT molecular complexity index is 1120. The molecule has 0 radical (unpaired) electrons. The molecule has 3 aromatic rings. The van der Waals surface area contributed by atoms with Crippen LogP contribution in [-0.2, 0) is 16.0 Å². The van der Waals surface area contributed by atoms with Crippen LogP contribution < -0.4 is 4.74 Å². The maximum Gasteiger partial charge on any atom is 0.305 e. The van der Waals surface area contributed by atoms with Crippen LogP contribution in [0.4, 0.5) is 0 Å². The van der Waals surface area contributed by atoms with Gasteiger partial charge < -0.3 is 14.4 Å². The molecule has 0 atom stereocenters. The Morgan fingerprint density at radius 1 is 1.03 bits per heavy atom. The summed E-state index contributed by atoms with van der Waals surface area (Å²) in [5.41, 5.74) is 5.42. The second-order valence-corrected chi connectivity index (χ2v) is 8.02. The van der Waals surface area contributed by atoms with E-state index in [1.54, 1.807) is 24.1 Å². The lowest BCUT2D eigenvalue weighted by Gasteiger charge is -2.18. The normalized spacial score (nSPS) is 10.7. The second-order valence-electron chi connectivity index (χ2n) is 8.02. The molecule has 174 valence electrons. The molecule has 0 bridgehead atoms. The maximum atomic E-state index is 12.8. The molecular formula is C26H31N3O4. The molecule has 0 saturated carbocycles. The molecule has 33 heavy (non-hydrogen) atoms. The Kier molecular flexibility index (Phi) is 7.87. The van der Waals surface area contributed by atoms with Crippen molar-refractivity contribution in [2.75, 3.05) is 27.3 Å². The topological polar surface area (TPSA) is 73.7 Å². The van der Waals surface area contributed by atoms with E-state index in [4.69, 9.17) is 9.47 Å². The summed E-state index contributed by atoms with van der Waals surface area (Å²) < 4.78 is 12.4. The summed E-state index contributed by atoms with van der Waals surface area (Å²) in [6, 6.07) is 15.2. The number of aryl methyl sites for hydroxylation is 2. The summed E-state index contributed by atoms with van der Waals surface area (Å²) in [6.07, 6.45) is 0.896. The first-order valence-corrected chi connectivity index (χ1v) is 11.0. The van der Waals surface area contributed by atoms with Gasteiger partial charge in [0.05, 0.1) is 25.0 Å². The number of carbonyl (C=O) groups excluding carboxylic acids is 2. The number of carbonyl (C=O) groups is 2. The summed E-state index contributed by atoms with van der Waals surface area (Å²) >= 11 is 0. The predicted molar refractivity (Wildman–Crippen MR) is 127 cm³/mol. The first-order valence-electron chi connectivity index (χ1n) is 11.0. The number of ether oxygens (including phenoxy) is 2. The van der Waals surface area contributed by atoms with Gasteiger partial charge in [-0.1, -0.05) is 18.2 Å². The van der Waals surface area contributed by atoms with Crippen molar-refractivity contribution in [3.8, 4) is 11.4 Å². The lowest BCUT2D eigenvalue weighted by Crippen LogP contribution is -2.30. The van der Waals surface area contributed by atoms with E-state index in [1.165, 1.54) is 7.11 Å². The number of nitrogens with zero attached hydrogens (tertiary/aromatic N) is 3. The summed E-state index contributed by atoms with van der Waals surface area (Å²) in [7, 11) is 3.16. The first kappa shape index (κ1) is 24.0. The van der Waals surface area contributed by atoms with Gasteiger partial charge in [0, 0.05) is 24.7 Å². The van der Waals surface area contributed by atoms with Crippen molar-refractivity contribution >= 4 is 11.9 Å². The summed E-state index contributed by atoms with van der Waals surface area (Å²) in [4.78, 5) is 26.0. The van der Waals surface area contributed by atoms with Crippen LogP contribution in [0.15, 0.2) is 48.5 Å². The van der Waals surface area contributed by atoms with Gasteiger partial charge in [0.2, 0.25) is 0 Å². The molecule has 1 amide bonds. The third-order valence-electron chi connectivity index (χ3n) is 5.73. The predicted octanol–water partition coefficient (Wildman–Crippen LogP) is 4.05.